The lowest BCUT2D eigenvalue weighted by molar-refractivity contribution is 0.669. The van der Waals surface area contributed by atoms with Gasteiger partial charge in [0.1, 0.15) is 11.2 Å². The van der Waals surface area contributed by atoms with Crippen molar-refractivity contribution in [1.82, 2.24) is 0 Å². The molecule has 1 aromatic heterocycles. The number of para-hydroxylation sites is 4. The van der Waals surface area contributed by atoms with E-state index in [0.717, 1.165) is 21.9 Å². The first-order chi connectivity index (χ1) is 16.9. The van der Waals surface area contributed by atoms with Crippen LogP contribution in [0.25, 0.3) is 33.1 Å². The van der Waals surface area contributed by atoms with Gasteiger partial charge in [0, 0.05) is 27.7 Å². The number of anilines is 4. The Bertz CT molecular complexity index is 1740. The Labute approximate surface area is 197 Å². The Morgan fingerprint density at radius 3 is 2.09 bits per heavy atom. The smallest absolute Gasteiger partial charge is 0.421 e. The highest BCUT2D eigenvalue weighted by atomic mass is 16.3. The van der Waals surface area contributed by atoms with Crippen molar-refractivity contribution in [3.8, 4) is 11.1 Å². The lowest BCUT2D eigenvalue weighted by Gasteiger charge is -2.36. The summed E-state index contributed by atoms with van der Waals surface area (Å²) >= 11 is 0. The molecule has 0 saturated heterocycles. The molecule has 3 heterocycles. The van der Waals surface area contributed by atoms with Gasteiger partial charge in [0.25, 0.3) is 0 Å². The van der Waals surface area contributed by atoms with E-state index in [1.165, 1.54) is 39.3 Å². The van der Waals surface area contributed by atoms with E-state index in [-0.39, 0.29) is 6.98 Å². The SMILES string of the molecule is c1ccc(N2B3c4ccccc4-c4cc5oc6ccccc6c5cc4N3c3ccccc32)cc1. The van der Waals surface area contributed by atoms with Crippen molar-refractivity contribution < 1.29 is 4.42 Å². The molecule has 0 saturated carbocycles. The number of benzene rings is 5. The van der Waals surface area contributed by atoms with Gasteiger partial charge in [-0.05, 0) is 53.5 Å². The predicted molar refractivity (Wildman–Crippen MR) is 142 cm³/mol. The fraction of sp³-hybridized carbons (Fsp3) is 0. The zero-order chi connectivity index (χ0) is 22.2. The molecular formula is C30H19BN2O. The molecular weight excluding hydrogens is 415 g/mol. The Balaban J connectivity index is 1.49. The predicted octanol–water partition coefficient (Wildman–Crippen LogP) is 7.25. The van der Waals surface area contributed by atoms with Crippen LogP contribution in [0.3, 0.4) is 0 Å². The molecule has 34 heavy (non-hydrogen) atoms. The van der Waals surface area contributed by atoms with Gasteiger partial charge in [-0.25, -0.2) is 0 Å². The van der Waals surface area contributed by atoms with Crippen LogP contribution in [0.1, 0.15) is 0 Å². The first-order valence-electron chi connectivity index (χ1n) is 11.7. The average Bonchev–Trinajstić information content (AvgIpc) is 3.44. The third-order valence-corrected chi connectivity index (χ3v) is 7.21. The molecule has 0 N–H and O–H groups in total. The standard InChI is InChI=1S/C30H19BN2O/c1-2-10-20(11-3-1)32-26-15-7-8-16-27(26)33-28-18-24-22-13-5-9-17-29(22)34-30(24)19-23(28)21-12-4-6-14-25(21)31(32)33/h1-19H. The van der Waals surface area contributed by atoms with Gasteiger partial charge in [-0.1, -0.05) is 72.8 Å². The van der Waals surface area contributed by atoms with Crippen LogP contribution in [0.4, 0.5) is 22.7 Å². The fourth-order valence-electron chi connectivity index (χ4n) is 5.80. The topological polar surface area (TPSA) is 19.6 Å². The van der Waals surface area contributed by atoms with Crippen LogP contribution in [0.2, 0.25) is 0 Å². The average molecular weight is 434 g/mol. The van der Waals surface area contributed by atoms with Crippen molar-refractivity contribution in [3.05, 3.63) is 115 Å². The lowest BCUT2D eigenvalue weighted by Crippen LogP contribution is -2.55. The van der Waals surface area contributed by atoms with Gasteiger partial charge >= 0.3 is 6.98 Å². The molecule has 2 aliphatic heterocycles. The second-order valence-corrected chi connectivity index (χ2v) is 8.99. The van der Waals surface area contributed by atoms with E-state index in [0.29, 0.717) is 0 Å². The van der Waals surface area contributed by atoms with E-state index in [9.17, 15) is 0 Å². The molecule has 4 heteroatoms. The van der Waals surface area contributed by atoms with Crippen LogP contribution in [0.5, 0.6) is 0 Å². The first kappa shape index (κ1) is 18.0. The Morgan fingerprint density at radius 1 is 0.500 bits per heavy atom. The van der Waals surface area contributed by atoms with Crippen LogP contribution in [-0.4, -0.2) is 6.98 Å². The summed E-state index contributed by atoms with van der Waals surface area (Å²) in [7, 11) is 0. The third kappa shape index (κ3) is 2.27. The summed E-state index contributed by atoms with van der Waals surface area (Å²) in [5, 5.41) is 2.31. The van der Waals surface area contributed by atoms with Gasteiger partial charge in [-0.2, -0.15) is 0 Å². The number of rotatable bonds is 1. The van der Waals surface area contributed by atoms with Gasteiger partial charge in [0.2, 0.25) is 0 Å². The van der Waals surface area contributed by atoms with E-state index >= 15 is 0 Å². The molecule has 0 bridgehead atoms. The summed E-state index contributed by atoms with van der Waals surface area (Å²) in [6, 6.07) is 41.1. The maximum Gasteiger partial charge on any atom is 0.421 e. The van der Waals surface area contributed by atoms with Crippen LogP contribution in [0, 0.1) is 0 Å². The van der Waals surface area contributed by atoms with Gasteiger partial charge < -0.3 is 14.0 Å². The number of hydrogen-bond acceptors (Lipinski definition) is 3. The second kappa shape index (κ2) is 6.55. The van der Waals surface area contributed by atoms with Crippen molar-refractivity contribution in [2.24, 2.45) is 0 Å². The number of nitrogens with zero attached hydrogens (tertiary/aromatic N) is 2. The van der Waals surface area contributed by atoms with Crippen molar-refractivity contribution in [3.63, 3.8) is 0 Å². The molecule has 0 amide bonds. The van der Waals surface area contributed by atoms with Crippen molar-refractivity contribution in [2.45, 2.75) is 0 Å². The van der Waals surface area contributed by atoms with Crippen LogP contribution < -0.4 is 15.1 Å². The lowest BCUT2D eigenvalue weighted by atomic mass is 9.59. The minimum absolute atomic E-state index is 0.0408. The molecule has 0 unspecified atom stereocenters. The van der Waals surface area contributed by atoms with E-state index < -0.39 is 0 Å². The summed E-state index contributed by atoms with van der Waals surface area (Å²) < 4.78 is 6.28. The number of fused-ring (bicyclic) bond motifs is 11. The quantitative estimate of drug-likeness (QED) is 0.254. The molecule has 0 radical (unpaired) electrons. The molecule has 158 valence electrons. The first-order valence-corrected chi connectivity index (χ1v) is 11.7. The number of furan rings is 1. The number of hydrogen-bond donors (Lipinski definition) is 0. The van der Waals surface area contributed by atoms with Crippen molar-refractivity contribution >= 4 is 57.1 Å². The largest absolute Gasteiger partial charge is 0.456 e. The fourth-order valence-corrected chi connectivity index (χ4v) is 5.80. The molecule has 3 nitrogen and oxygen atoms in total. The molecule has 5 aromatic carbocycles. The highest BCUT2D eigenvalue weighted by molar-refractivity contribution is 6.86. The van der Waals surface area contributed by atoms with E-state index in [1.807, 2.05) is 12.1 Å². The van der Waals surface area contributed by atoms with Crippen molar-refractivity contribution in [1.29, 1.82) is 0 Å². The molecule has 0 fully saturated rings. The van der Waals surface area contributed by atoms with Gasteiger partial charge in [-0.3, -0.25) is 0 Å². The van der Waals surface area contributed by atoms with Crippen LogP contribution >= 0.6 is 0 Å². The highest BCUT2D eigenvalue weighted by Gasteiger charge is 2.47. The third-order valence-electron chi connectivity index (χ3n) is 7.21. The van der Waals surface area contributed by atoms with Crippen LogP contribution in [0.15, 0.2) is 120 Å². The summed E-state index contributed by atoms with van der Waals surface area (Å²) in [6.45, 7) is 0.0408. The van der Waals surface area contributed by atoms with E-state index in [2.05, 4.69) is 113 Å². The Hall–Kier alpha value is -4.44. The zero-order valence-corrected chi connectivity index (χ0v) is 18.3. The zero-order valence-electron chi connectivity index (χ0n) is 18.3. The summed E-state index contributed by atoms with van der Waals surface area (Å²) in [5.41, 5.74) is 10.5. The molecule has 0 aliphatic carbocycles. The summed E-state index contributed by atoms with van der Waals surface area (Å²) in [6.07, 6.45) is 0. The Morgan fingerprint density at radius 2 is 1.21 bits per heavy atom. The molecule has 8 rings (SSSR count). The summed E-state index contributed by atoms with van der Waals surface area (Å²) in [4.78, 5) is 4.97. The molecule has 6 aromatic rings. The second-order valence-electron chi connectivity index (χ2n) is 8.99. The highest BCUT2D eigenvalue weighted by Crippen LogP contribution is 2.52. The maximum atomic E-state index is 6.28. The normalized spacial score (nSPS) is 13.7. The minimum atomic E-state index is 0.0408. The van der Waals surface area contributed by atoms with Gasteiger partial charge in [0.15, 0.2) is 0 Å². The minimum Gasteiger partial charge on any atom is -0.456 e. The molecule has 2 aliphatic rings. The van der Waals surface area contributed by atoms with Crippen LogP contribution in [-0.2, 0) is 0 Å². The molecule has 0 atom stereocenters. The molecule has 0 spiro atoms. The van der Waals surface area contributed by atoms with Gasteiger partial charge in [0.05, 0.1) is 11.4 Å². The monoisotopic (exact) mass is 434 g/mol. The summed E-state index contributed by atoms with van der Waals surface area (Å²) in [5.74, 6) is 0. The van der Waals surface area contributed by atoms with E-state index in [1.54, 1.807) is 0 Å². The van der Waals surface area contributed by atoms with Crippen molar-refractivity contribution in [2.75, 3.05) is 9.62 Å². The maximum absolute atomic E-state index is 6.28. The Kier molecular flexibility index (Phi) is 3.48. The van der Waals surface area contributed by atoms with Gasteiger partial charge in [-0.15, -0.1) is 0 Å². The van der Waals surface area contributed by atoms with E-state index in [4.69, 9.17) is 4.42 Å².